The van der Waals surface area contributed by atoms with Crippen molar-refractivity contribution in [2.75, 3.05) is 11.9 Å². The number of carbonyl (C=O) groups is 2. The van der Waals surface area contributed by atoms with E-state index in [0.29, 0.717) is 24.5 Å². The molecule has 0 radical (unpaired) electrons. The summed E-state index contributed by atoms with van der Waals surface area (Å²) in [4.78, 5) is 32.8. The molecule has 3 heterocycles. The molecule has 1 atom stereocenters. The van der Waals surface area contributed by atoms with E-state index in [-0.39, 0.29) is 11.8 Å². The van der Waals surface area contributed by atoms with E-state index >= 15 is 0 Å². The Bertz CT molecular complexity index is 994. The summed E-state index contributed by atoms with van der Waals surface area (Å²) in [6.07, 6.45) is 1.92. The third-order valence-corrected chi connectivity index (χ3v) is 6.64. The number of thiazole rings is 1. The Morgan fingerprint density at radius 3 is 2.96 bits per heavy atom. The van der Waals surface area contributed by atoms with Crippen LogP contribution in [0.25, 0.3) is 10.2 Å². The molecule has 27 heavy (non-hydrogen) atoms. The predicted molar refractivity (Wildman–Crippen MR) is 110 cm³/mol. The average Bonchev–Trinajstić information content (AvgIpc) is 3.34. The number of carbonyl (C=O) groups excluding carboxylic acids is 2. The molecule has 2 aromatic heterocycles. The number of rotatable bonds is 4. The standard InChI is InChI=1S/C20H21N3O2S2/c1-12-9-13(2)18-16(10-12)27-20(21-18)22-19(25)15-6-3-7-23(15)17(24)11-14-5-4-8-26-14/h4-5,8-10,15H,3,6-7,11H2,1-2H3,(H,21,22,25). The fourth-order valence-corrected chi connectivity index (χ4v) is 5.36. The Hall–Kier alpha value is -2.25. The summed E-state index contributed by atoms with van der Waals surface area (Å²) < 4.78 is 1.07. The molecule has 1 N–H and O–H groups in total. The van der Waals surface area contributed by atoms with E-state index < -0.39 is 6.04 Å². The molecular formula is C20H21N3O2S2. The SMILES string of the molecule is Cc1cc(C)c2nc(NC(=O)C3CCCN3C(=O)Cc3cccs3)sc2c1. The maximum atomic E-state index is 12.8. The summed E-state index contributed by atoms with van der Waals surface area (Å²) in [5.74, 6) is -0.119. The molecule has 1 saturated heterocycles. The van der Waals surface area contributed by atoms with Gasteiger partial charge in [-0.3, -0.25) is 9.59 Å². The molecule has 1 aliphatic rings. The normalized spacial score (nSPS) is 16.8. The van der Waals surface area contributed by atoms with Crippen LogP contribution in [0.2, 0.25) is 0 Å². The fraction of sp³-hybridized carbons (Fsp3) is 0.350. The van der Waals surface area contributed by atoms with Gasteiger partial charge in [-0.2, -0.15) is 0 Å². The van der Waals surface area contributed by atoms with Gasteiger partial charge in [0.15, 0.2) is 5.13 Å². The van der Waals surface area contributed by atoms with E-state index in [9.17, 15) is 9.59 Å². The van der Waals surface area contributed by atoms with Crippen LogP contribution in [0.1, 0.15) is 28.8 Å². The van der Waals surface area contributed by atoms with Gasteiger partial charge in [-0.15, -0.1) is 11.3 Å². The number of nitrogens with one attached hydrogen (secondary N) is 1. The summed E-state index contributed by atoms with van der Waals surface area (Å²) in [5, 5.41) is 5.51. The number of anilines is 1. The summed E-state index contributed by atoms with van der Waals surface area (Å²) in [6.45, 7) is 4.73. The molecule has 1 aromatic carbocycles. The second-order valence-electron chi connectivity index (χ2n) is 6.94. The highest BCUT2D eigenvalue weighted by Crippen LogP contribution is 2.30. The van der Waals surface area contributed by atoms with Gasteiger partial charge in [0.1, 0.15) is 6.04 Å². The molecular weight excluding hydrogens is 378 g/mol. The maximum absolute atomic E-state index is 12.8. The maximum Gasteiger partial charge on any atom is 0.248 e. The van der Waals surface area contributed by atoms with Crippen LogP contribution in [0, 0.1) is 13.8 Å². The highest BCUT2D eigenvalue weighted by atomic mass is 32.1. The van der Waals surface area contributed by atoms with E-state index in [2.05, 4.69) is 29.4 Å². The Morgan fingerprint density at radius 1 is 1.33 bits per heavy atom. The first-order valence-electron chi connectivity index (χ1n) is 9.02. The van der Waals surface area contributed by atoms with E-state index in [1.165, 1.54) is 16.9 Å². The molecule has 1 aliphatic heterocycles. The van der Waals surface area contributed by atoms with Crippen LogP contribution in [0.15, 0.2) is 29.6 Å². The van der Waals surface area contributed by atoms with Crippen LogP contribution in [-0.2, 0) is 16.0 Å². The van der Waals surface area contributed by atoms with Crippen molar-refractivity contribution in [1.29, 1.82) is 0 Å². The van der Waals surface area contributed by atoms with Gasteiger partial charge in [0.2, 0.25) is 11.8 Å². The number of aryl methyl sites for hydroxylation is 2. The van der Waals surface area contributed by atoms with Crippen molar-refractivity contribution in [3.05, 3.63) is 45.6 Å². The van der Waals surface area contributed by atoms with E-state index in [1.54, 1.807) is 16.2 Å². The van der Waals surface area contributed by atoms with Gasteiger partial charge in [-0.25, -0.2) is 4.98 Å². The summed E-state index contributed by atoms with van der Waals surface area (Å²) in [6, 6.07) is 7.67. The van der Waals surface area contributed by atoms with Crippen molar-refractivity contribution >= 4 is 49.8 Å². The Kier molecular flexibility index (Phi) is 4.97. The van der Waals surface area contributed by atoms with E-state index in [0.717, 1.165) is 27.1 Å². The predicted octanol–water partition coefficient (Wildman–Crippen LogP) is 4.15. The minimum Gasteiger partial charge on any atom is -0.330 e. The molecule has 140 valence electrons. The van der Waals surface area contributed by atoms with Crippen molar-refractivity contribution in [2.45, 2.75) is 39.2 Å². The number of likely N-dealkylation sites (tertiary alicyclic amines) is 1. The highest BCUT2D eigenvalue weighted by molar-refractivity contribution is 7.22. The molecule has 0 aliphatic carbocycles. The lowest BCUT2D eigenvalue weighted by Gasteiger charge is -2.23. The van der Waals surface area contributed by atoms with Crippen LogP contribution < -0.4 is 5.32 Å². The number of amides is 2. The second kappa shape index (κ2) is 7.40. The van der Waals surface area contributed by atoms with Crippen LogP contribution in [0.3, 0.4) is 0 Å². The molecule has 0 spiro atoms. The first kappa shape index (κ1) is 18.1. The summed E-state index contributed by atoms with van der Waals surface area (Å²) >= 11 is 3.05. The first-order chi connectivity index (χ1) is 13.0. The van der Waals surface area contributed by atoms with Gasteiger partial charge in [-0.1, -0.05) is 23.5 Å². The van der Waals surface area contributed by atoms with Gasteiger partial charge in [-0.05, 0) is 55.3 Å². The number of hydrogen-bond donors (Lipinski definition) is 1. The number of fused-ring (bicyclic) bond motifs is 1. The summed E-state index contributed by atoms with van der Waals surface area (Å²) in [7, 11) is 0. The fourth-order valence-electron chi connectivity index (χ4n) is 3.61. The third kappa shape index (κ3) is 3.75. The van der Waals surface area contributed by atoms with Crippen LogP contribution in [0.4, 0.5) is 5.13 Å². The Balaban J connectivity index is 1.48. The zero-order chi connectivity index (χ0) is 19.0. The second-order valence-corrected chi connectivity index (χ2v) is 9.00. The van der Waals surface area contributed by atoms with E-state index in [1.807, 2.05) is 24.4 Å². The average molecular weight is 400 g/mol. The molecule has 2 amide bonds. The summed E-state index contributed by atoms with van der Waals surface area (Å²) in [5.41, 5.74) is 3.22. The molecule has 4 rings (SSSR count). The van der Waals surface area contributed by atoms with Crippen molar-refractivity contribution in [1.82, 2.24) is 9.88 Å². The minimum absolute atomic E-state index is 0.0193. The van der Waals surface area contributed by atoms with Crippen molar-refractivity contribution in [2.24, 2.45) is 0 Å². The molecule has 5 nitrogen and oxygen atoms in total. The molecule has 0 bridgehead atoms. The van der Waals surface area contributed by atoms with Gasteiger partial charge in [0.25, 0.3) is 0 Å². The zero-order valence-electron chi connectivity index (χ0n) is 15.3. The lowest BCUT2D eigenvalue weighted by molar-refractivity contribution is -0.136. The van der Waals surface area contributed by atoms with Crippen molar-refractivity contribution < 1.29 is 9.59 Å². The third-order valence-electron chi connectivity index (χ3n) is 4.84. The highest BCUT2D eigenvalue weighted by Gasteiger charge is 2.34. The first-order valence-corrected chi connectivity index (χ1v) is 10.7. The largest absolute Gasteiger partial charge is 0.330 e. The van der Waals surface area contributed by atoms with Gasteiger partial charge in [0.05, 0.1) is 16.6 Å². The smallest absolute Gasteiger partial charge is 0.248 e. The number of nitrogens with zero attached hydrogens (tertiary/aromatic N) is 2. The minimum atomic E-state index is -0.410. The van der Waals surface area contributed by atoms with Crippen LogP contribution in [-0.4, -0.2) is 34.3 Å². The van der Waals surface area contributed by atoms with Crippen LogP contribution >= 0.6 is 22.7 Å². The number of aromatic nitrogens is 1. The number of benzene rings is 1. The lowest BCUT2D eigenvalue weighted by Crippen LogP contribution is -2.43. The van der Waals surface area contributed by atoms with Crippen molar-refractivity contribution in [3.8, 4) is 0 Å². The van der Waals surface area contributed by atoms with E-state index in [4.69, 9.17) is 0 Å². The molecule has 0 saturated carbocycles. The quantitative estimate of drug-likeness (QED) is 0.717. The molecule has 1 fully saturated rings. The lowest BCUT2D eigenvalue weighted by atomic mass is 10.1. The van der Waals surface area contributed by atoms with Crippen molar-refractivity contribution in [3.63, 3.8) is 0 Å². The monoisotopic (exact) mass is 399 g/mol. The zero-order valence-corrected chi connectivity index (χ0v) is 17.0. The van der Waals surface area contributed by atoms with Gasteiger partial charge < -0.3 is 10.2 Å². The molecule has 1 unspecified atom stereocenters. The van der Waals surface area contributed by atoms with Crippen LogP contribution in [0.5, 0.6) is 0 Å². The topological polar surface area (TPSA) is 62.3 Å². The Labute approximate surface area is 166 Å². The molecule has 7 heteroatoms. The van der Waals surface area contributed by atoms with Gasteiger partial charge >= 0.3 is 0 Å². The van der Waals surface area contributed by atoms with Gasteiger partial charge in [0, 0.05) is 11.4 Å². The Morgan fingerprint density at radius 2 is 2.19 bits per heavy atom. The number of thiophene rings is 1. The number of hydrogen-bond acceptors (Lipinski definition) is 5. The molecule has 3 aromatic rings.